The van der Waals surface area contributed by atoms with Crippen molar-refractivity contribution >= 4 is 34.6 Å². The van der Waals surface area contributed by atoms with E-state index >= 15 is 0 Å². The molecule has 33 heavy (non-hydrogen) atoms. The van der Waals surface area contributed by atoms with E-state index in [1.54, 1.807) is 25.1 Å². The molecule has 1 unspecified atom stereocenters. The van der Waals surface area contributed by atoms with Gasteiger partial charge in [-0.2, -0.15) is 18.3 Å². The average Bonchev–Trinajstić information content (AvgIpc) is 3.21. The number of fused-ring (bicyclic) bond motifs is 1. The van der Waals surface area contributed by atoms with Crippen LogP contribution < -0.4 is 10.6 Å². The number of alkyl halides is 3. The summed E-state index contributed by atoms with van der Waals surface area (Å²) < 4.78 is 42.7. The van der Waals surface area contributed by atoms with Crippen molar-refractivity contribution in [1.82, 2.24) is 20.5 Å². The molecule has 3 amide bonds. The predicted molar refractivity (Wildman–Crippen MR) is 109 cm³/mol. The molecule has 3 aromatic rings. The summed E-state index contributed by atoms with van der Waals surface area (Å²) in [5.74, 6) is -1.33. The zero-order chi connectivity index (χ0) is 23.8. The number of carbonyl (C=O) groups excluding carboxylic acids is 3. The van der Waals surface area contributed by atoms with Gasteiger partial charge in [0.05, 0.1) is 11.4 Å². The van der Waals surface area contributed by atoms with Crippen molar-refractivity contribution in [3.8, 4) is 0 Å². The van der Waals surface area contributed by atoms with E-state index in [4.69, 9.17) is 4.74 Å². The Labute approximate surface area is 184 Å². The lowest BCUT2D eigenvalue weighted by Crippen LogP contribution is -2.39. The van der Waals surface area contributed by atoms with Crippen LogP contribution in [0.4, 0.5) is 23.8 Å². The first-order valence-electron chi connectivity index (χ1n) is 9.90. The lowest BCUT2D eigenvalue weighted by atomic mass is 9.89. The highest BCUT2D eigenvalue weighted by Crippen LogP contribution is 2.30. The minimum Gasteiger partial charge on any atom is -0.444 e. The van der Waals surface area contributed by atoms with Crippen LogP contribution in [0.1, 0.15) is 41.3 Å². The van der Waals surface area contributed by atoms with Gasteiger partial charge in [-0.3, -0.25) is 30.3 Å². The van der Waals surface area contributed by atoms with Crippen LogP contribution in [0.15, 0.2) is 30.3 Å². The lowest BCUT2D eigenvalue weighted by Gasteiger charge is -2.22. The summed E-state index contributed by atoms with van der Waals surface area (Å²) in [6, 6.07) is 7.69. The maximum atomic E-state index is 12.6. The Morgan fingerprint density at radius 1 is 1.24 bits per heavy atom. The number of pyridine rings is 1. The number of amides is 3. The number of hydrogen-bond donors (Lipinski definition) is 3. The molecule has 1 aliphatic rings. The molecule has 3 heterocycles. The summed E-state index contributed by atoms with van der Waals surface area (Å²) >= 11 is 0. The number of ether oxygens (including phenoxy) is 1. The molecule has 1 aromatic carbocycles. The van der Waals surface area contributed by atoms with Gasteiger partial charge in [-0.1, -0.05) is 12.1 Å². The van der Waals surface area contributed by atoms with Gasteiger partial charge in [0.25, 0.3) is 0 Å². The van der Waals surface area contributed by atoms with E-state index in [1.807, 2.05) is 6.07 Å². The summed E-state index contributed by atoms with van der Waals surface area (Å²) in [6.45, 7) is 1.63. The van der Waals surface area contributed by atoms with Gasteiger partial charge in [0.1, 0.15) is 12.4 Å². The molecular weight excluding hydrogens is 443 g/mol. The van der Waals surface area contributed by atoms with Crippen LogP contribution in [0.5, 0.6) is 0 Å². The Bertz CT molecular complexity index is 1250. The number of aromatic amines is 1. The topological polar surface area (TPSA) is 126 Å². The van der Waals surface area contributed by atoms with Gasteiger partial charge in [0.2, 0.25) is 11.8 Å². The summed E-state index contributed by atoms with van der Waals surface area (Å²) in [7, 11) is 0. The van der Waals surface area contributed by atoms with Crippen molar-refractivity contribution in [3.05, 3.63) is 52.8 Å². The number of hydrogen-bond acceptors (Lipinski definition) is 6. The van der Waals surface area contributed by atoms with E-state index in [1.165, 1.54) is 0 Å². The van der Waals surface area contributed by atoms with E-state index in [-0.39, 0.29) is 30.7 Å². The number of nitrogens with zero attached hydrogens (tertiary/aromatic N) is 2. The molecule has 0 radical (unpaired) electrons. The highest BCUT2D eigenvalue weighted by Gasteiger charge is 2.34. The summed E-state index contributed by atoms with van der Waals surface area (Å²) in [6.07, 6.45) is -4.90. The number of anilines is 1. The summed E-state index contributed by atoms with van der Waals surface area (Å²) in [4.78, 5) is 40.0. The maximum absolute atomic E-state index is 12.6. The maximum Gasteiger partial charge on any atom is 0.435 e. The first-order valence-corrected chi connectivity index (χ1v) is 9.90. The van der Waals surface area contributed by atoms with Crippen molar-refractivity contribution in [2.45, 2.75) is 38.5 Å². The number of halogens is 3. The normalized spacial score (nSPS) is 16.5. The number of benzene rings is 1. The van der Waals surface area contributed by atoms with Gasteiger partial charge in [-0.25, -0.2) is 4.79 Å². The molecule has 1 aliphatic heterocycles. The molecule has 12 heteroatoms. The van der Waals surface area contributed by atoms with Crippen LogP contribution in [-0.4, -0.2) is 33.1 Å². The van der Waals surface area contributed by atoms with E-state index in [9.17, 15) is 27.6 Å². The quantitative estimate of drug-likeness (QED) is 0.510. The van der Waals surface area contributed by atoms with Crippen LogP contribution in [0, 0.1) is 6.92 Å². The summed E-state index contributed by atoms with van der Waals surface area (Å²) in [5, 5.41) is 10.4. The smallest absolute Gasteiger partial charge is 0.435 e. The average molecular weight is 461 g/mol. The van der Waals surface area contributed by atoms with Crippen molar-refractivity contribution in [2.75, 3.05) is 5.32 Å². The predicted octanol–water partition coefficient (Wildman–Crippen LogP) is 3.55. The van der Waals surface area contributed by atoms with Crippen LogP contribution in [0.25, 0.3) is 10.9 Å². The van der Waals surface area contributed by atoms with Crippen LogP contribution in [0.2, 0.25) is 0 Å². The third kappa shape index (κ3) is 4.94. The first kappa shape index (κ1) is 22.2. The van der Waals surface area contributed by atoms with Crippen LogP contribution >= 0.6 is 0 Å². The molecule has 9 nitrogen and oxygen atoms in total. The highest BCUT2D eigenvalue weighted by molar-refractivity contribution is 6.01. The fourth-order valence-electron chi connectivity index (χ4n) is 3.58. The largest absolute Gasteiger partial charge is 0.444 e. The van der Waals surface area contributed by atoms with Gasteiger partial charge < -0.3 is 4.74 Å². The Kier molecular flexibility index (Phi) is 5.75. The van der Waals surface area contributed by atoms with E-state index in [2.05, 4.69) is 25.8 Å². The fourth-order valence-corrected chi connectivity index (χ4v) is 3.58. The number of piperidine rings is 1. The second-order valence-electron chi connectivity index (χ2n) is 7.56. The number of aryl methyl sites for hydroxylation is 1. The van der Waals surface area contributed by atoms with Crippen molar-refractivity contribution in [1.29, 1.82) is 0 Å². The summed E-state index contributed by atoms with van der Waals surface area (Å²) in [5.41, 5.74) is 1.46. The molecule has 3 N–H and O–H groups in total. The molecule has 172 valence electrons. The standard InChI is InChI=1S/C21H18F3N5O4/c1-10-14(13-4-5-18(30)27-19(13)31)7-12-3-2-11(6-15(12)25-10)9-33-20(32)26-17-8-16(28-29-17)21(22,23)24/h2-3,6-8,13H,4-5,9H2,1H3,(H,27,30,31)(H2,26,28,29,32). The number of aromatic nitrogens is 3. The lowest BCUT2D eigenvalue weighted by molar-refractivity contribution is -0.141. The van der Waals surface area contributed by atoms with Gasteiger partial charge in [0.15, 0.2) is 5.69 Å². The molecule has 1 atom stereocenters. The molecule has 2 aromatic heterocycles. The molecule has 4 rings (SSSR count). The number of H-pyrrole nitrogens is 1. The zero-order valence-electron chi connectivity index (χ0n) is 17.2. The van der Waals surface area contributed by atoms with Gasteiger partial charge >= 0.3 is 12.3 Å². The van der Waals surface area contributed by atoms with Crippen molar-refractivity contribution in [2.24, 2.45) is 0 Å². The Morgan fingerprint density at radius 3 is 2.73 bits per heavy atom. The molecule has 0 bridgehead atoms. The Hall–Kier alpha value is -3.96. The van der Waals surface area contributed by atoms with E-state index < -0.39 is 23.9 Å². The molecule has 0 spiro atoms. The zero-order valence-corrected chi connectivity index (χ0v) is 17.2. The monoisotopic (exact) mass is 461 g/mol. The van der Waals surface area contributed by atoms with Crippen molar-refractivity contribution in [3.63, 3.8) is 0 Å². The first-order chi connectivity index (χ1) is 15.6. The Balaban J connectivity index is 1.43. The fraction of sp³-hybridized carbons (Fsp3) is 0.286. The highest BCUT2D eigenvalue weighted by atomic mass is 19.4. The minimum absolute atomic E-state index is 0.141. The second kappa shape index (κ2) is 8.52. The SMILES string of the molecule is Cc1nc2cc(COC(=O)Nc3cc(C(F)(F)F)n[nH]3)ccc2cc1C1CCC(=O)NC1=O. The molecule has 1 saturated heterocycles. The van der Waals surface area contributed by atoms with Gasteiger partial charge in [-0.15, -0.1) is 0 Å². The third-order valence-corrected chi connectivity index (χ3v) is 5.20. The number of imide groups is 1. The Morgan fingerprint density at radius 2 is 2.03 bits per heavy atom. The van der Waals surface area contributed by atoms with Gasteiger partial charge in [0, 0.05) is 23.6 Å². The molecular formula is C21H18F3N5O4. The third-order valence-electron chi connectivity index (χ3n) is 5.20. The van der Waals surface area contributed by atoms with Gasteiger partial charge in [-0.05, 0) is 36.6 Å². The second-order valence-corrected chi connectivity index (χ2v) is 7.56. The number of carbonyl (C=O) groups is 3. The van der Waals surface area contributed by atoms with E-state index in [0.717, 1.165) is 10.9 Å². The molecule has 0 aliphatic carbocycles. The number of rotatable bonds is 4. The number of nitrogens with one attached hydrogen (secondary N) is 3. The van der Waals surface area contributed by atoms with Crippen LogP contribution in [-0.2, 0) is 27.1 Å². The molecule has 1 fully saturated rings. The molecule has 0 saturated carbocycles. The van der Waals surface area contributed by atoms with E-state index in [0.29, 0.717) is 29.3 Å². The van der Waals surface area contributed by atoms with Crippen molar-refractivity contribution < 1.29 is 32.3 Å². The van der Waals surface area contributed by atoms with Crippen LogP contribution in [0.3, 0.4) is 0 Å². The minimum atomic E-state index is -4.63.